The van der Waals surface area contributed by atoms with Gasteiger partial charge >= 0.3 is 0 Å². The summed E-state index contributed by atoms with van der Waals surface area (Å²) in [5.41, 5.74) is 2.01. The molecule has 0 atom stereocenters. The van der Waals surface area contributed by atoms with Gasteiger partial charge in [-0.05, 0) is 12.5 Å². The molecule has 0 saturated heterocycles. The predicted molar refractivity (Wildman–Crippen MR) is 67.4 cm³/mol. The Kier molecular flexibility index (Phi) is 3.22. The van der Waals surface area contributed by atoms with Crippen LogP contribution >= 0.6 is 0 Å². The number of hydrogen-bond donors (Lipinski definition) is 2. The molecule has 0 amide bonds. The Morgan fingerprint density at radius 3 is 2.94 bits per heavy atom. The van der Waals surface area contributed by atoms with E-state index in [1.807, 2.05) is 19.3 Å². The van der Waals surface area contributed by atoms with Crippen LogP contribution in [0.25, 0.3) is 0 Å². The van der Waals surface area contributed by atoms with Crippen molar-refractivity contribution in [3.05, 3.63) is 24.2 Å². The number of anilines is 3. The van der Waals surface area contributed by atoms with Gasteiger partial charge in [0.2, 0.25) is 5.95 Å². The molecule has 0 aliphatic carbocycles. The van der Waals surface area contributed by atoms with E-state index in [1.165, 1.54) is 0 Å². The van der Waals surface area contributed by atoms with E-state index in [1.54, 1.807) is 17.9 Å². The van der Waals surface area contributed by atoms with E-state index in [2.05, 4.69) is 32.6 Å². The highest BCUT2D eigenvalue weighted by molar-refractivity contribution is 5.58. The average molecular weight is 232 g/mol. The Hall–Kier alpha value is -2.11. The van der Waals surface area contributed by atoms with E-state index in [0.29, 0.717) is 5.95 Å². The van der Waals surface area contributed by atoms with Gasteiger partial charge in [-0.15, -0.1) is 0 Å². The van der Waals surface area contributed by atoms with Gasteiger partial charge in [0.15, 0.2) is 0 Å². The number of nitrogens with one attached hydrogen (secondary N) is 2. The summed E-state index contributed by atoms with van der Waals surface area (Å²) >= 11 is 0. The molecule has 2 heterocycles. The summed E-state index contributed by atoms with van der Waals surface area (Å²) in [7, 11) is 3.70. The molecular weight excluding hydrogens is 216 g/mol. The first-order chi connectivity index (χ1) is 8.22. The lowest BCUT2D eigenvalue weighted by Crippen LogP contribution is -2.00. The van der Waals surface area contributed by atoms with Crippen LogP contribution in [0.2, 0.25) is 0 Å². The first-order valence-corrected chi connectivity index (χ1v) is 5.53. The molecule has 0 saturated carbocycles. The normalized spacial score (nSPS) is 10.3. The zero-order chi connectivity index (χ0) is 12.3. The largest absolute Gasteiger partial charge is 0.357 e. The van der Waals surface area contributed by atoms with Crippen LogP contribution < -0.4 is 10.6 Å². The maximum Gasteiger partial charge on any atom is 0.224 e. The minimum Gasteiger partial charge on any atom is -0.357 e. The number of hydrogen-bond acceptors (Lipinski definition) is 5. The molecule has 0 spiro atoms. The van der Waals surface area contributed by atoms with Crippen molar-refractivity contribution in [1.29, 1.82) is 0 Å². The lowest BCUT2D eigenvalue weighted by Gasteiger charge is -2.05. The van der Waals surface area contributed by atoms with Crippen molar-refractivity contribution in [1.82, 2.24) is 19.7 Å². The molecule has 2 N–H and O–H groups in total. The second-order valence-electron chi connectivity index (χ2n) is 3.66. The fraction of sp³-hybridized carbons (Fsp3) is 0.364. The monoisotopic (exact) mass is 232 g/mol. The van der Waals surface area contributed by atoms with Gasteiger partial charge in [-0.1, -0.05) is 6.92 Å². The van der Waals surface area contributed by atoms with Crippen LogP contribution in [0, 0.1) is 0 Å². The maximum absolute atomic E-state index is 4.36. The second kappa shape index (κ2) is 4.82. The molecule has 6 heteroatoms. The van der Waals surface area contributed by atoms with E-state index >= 15 is 0 Å². The zero-order valence-corrected chi connectivity index (χ0v) is 10.2. The smallest absolute Gasteiger partial charge is 0.224 e. The third-order valence-corrected chi connectivity index (χ3v) is 2.38. The quantitative estimate of drug-likeness (QED) is 0.837. The van der Waals surface area contributed by atoms with Crippen LogP contribution in [0.5, 0.6) is 0 Å². The molecule has 6 nitrogen and oxygen atoms in total. The van der Waals surface area contributed by atoms with E-state index in [-0.39, 0.29) is 0 Å². The molecule has 0 radical (unpaired) electrons. The summed E-state index contributed by atoms with van der Waals surface area (Å²) < 4.78 is 1.79. The van der Waals surface area contributed by atoms with E-state index < -0.39 is 0 Å². The van der Waals surface area contributed by atoms with Crippen LogP contribution in [0.1, 0.15) is 12.6 Å². The number of rotatable bonds is 4. The topological polar surface area (TPSA) is 67.7 Å². The van der Waals surface area contributed by atoms with Crippen molar-refractivity contribution in [3.8, 4) is 0 Å². The van der Waals surface area contributed by atoms with E-state index in [4.69, 9.17) is 0 Å². The van der Waals surface area contributed by atoms with Gasteiger partial charge in [0.25, 0.3) is 0 Å². The fourth-order valence-electron chi connectivity index (χ4n) is 1.59. The summed E-state index contributed by atoms with van der Waals surface area (Å²) in [6, 6.07) is 1.83. The Morgan fingerprint density at radius 1 is 1.41 bits per heavy atom. The Morgan fingerprint density at radius 2 is 2.24 bits per heavy atom. The van der Waals surface area contributed by atoms with Gasteiger partial charge in [0.05, 0.1) is 11.4 Å². The standard InChI is InChI=1S/C11H16N6/c1-4-8-9(7-17(3)16-8)14-10-5-6-13-11(12-2)15-10/h5-7H,4H2,1-3H3,(H2,12,13,14,15). The number of aryl methyl sites for hydroxylation is 2. The molecule has 0 aromatic carbocycles. The molecule has 0 aliphatic heterocycles. The van der Waals surface area contributed by atoms with Gasteiger partial charge < -0.3 is 10.6 Å². The van der Waals surface area contributed by atoms with Crippen molar-refractivity contribution < 1.29 is 0 Å². The first-order valence-electron chi connectivity index (χ1n) is 5.53. The molecule has 17 heavy (non-hydrogen) atoms. The minimum absolute atomic E-state index is 0.594. The number of nitrogens with zero attached hydrogens (tertiary/aromatic N) is 4. The van der Waals surface area contributed by atoms with Gasteiger partial charge in [-0.3, -0.25) is 4.68 Å². The molecule has 0 unspecified atom stereocenters. The lowest BCUT2D eigenvalue weighted by atomic mass is 10.3. The third-order valence-electron chi connectivity index (χ3n) is 2.38. The van der Waals surface area contributed by atoms with Crippen molar-refractivity contribution in [2.24, 2.45) is 7.05 Å². The Balaban J connectivity index is 2.24. The van der Waals surface area contributed by atoms with E-state index in [0.717, 1.165) is 23.6 Å². The van der Waals surface area contributed by atoms with Crippen LogP contribution in [0.15, 0.2) is 18.5 Å². The summed E-state index contributed by atoms with van der Waals surface area (Å²) in [5.74, 6) is 1.35. The van der Waals surface area contributed by atoms with Crippen molar-refractivity contribution in [2.75, 3.05) is 17.7 Å². The summed E-state index contributed by atoms with van der Waals surface area (Å²) in [5, 5.41) is 10.5. The molecule has 2 rings (SSSR count). The van der Waals surface area contributed by atoms with E-state index in [9.17, 15) is 0 Å². The minimum atomic E-state index is 0.594. The molecule has 2 aromatic rings. The highest BCUT2D eigenvalue weighted by Gasteiger charge is 2.06. The van der Waals surface area contributed by atoms with Gasteiger partial charge in [0, 0.05) is 26.5 Å². The van der Waals surface area contributed by atoms with Crippen LogP contribution in [-0.2, 0) is 13.5 Å². The van der Waals surface area contributed by atoms with Crippen LogP contribution in [0.4, 0.5) is 17.5 Å². The maximum atomic E-state index is 4.36. The predicted octanol–water partition coefficient (Wildman–Crippen LogP) is 1.56. The molecular formula is C11H16N6. The number of aromatic nitrogens is 4. The van der Waals surface area contributed by atoms with Gasteiger partial charge in [-0.25, -0.2) is 4.98 Å². The first kappa shape index (κ1) is 11.4. The molecule has 0 fully saturated rings. The highest BCUT2D eigenvalue weighted by atomic mass is 15.3. The van der Waals surface area contributed by atoms with Crippen LogP contribution in [-0.4, -0.2) is 26.8 Å². The van der Waals surface area contributed by atoms with Crippen LogP contribution in [0.3, 0.4) is 0 Å². The molecule has 0 aliphatic rings. The lowest BCUT2D eigenvalue weighted by molar-refractivity contribution is 0.746. The summed E-state index contributed by atoms with van der Waals surface area (Å²) in [4.78, 5) is 8.37. The zero-order valence-electron chi connectivity index (χ0n) is 10.2. The average Bonchev–Trinajstić information content (AvgIpc) is 2.69. The SMILES string of the molecule is CCc1nn(C)cc1Nc1ccnc(NC)n1. The highest BCUT2D eigenvalue weighted by Crippen LogP contribution is 2.18. The van der Waals surface area contributed by atoms with Crippen molar-refractivity contribution in [3.63, 3.8) is 0 Å². The summed E-state index contributed by atoms with van der Waals surface area (Å²) in [6.45, 7) is 2.08. The van der Waals surface area contributed by atoms with Gasteiger partial charge in [-0.2, -0.15) is 10.1 Å². The summed E-state index contributed by atoms with van der Waals surface area (Å²) in [6.07, 6.45) is 4.54. The third kappa shape index (κ3) is 2.52. The molecule has 90 valence electrons. The fourth-order valence-corrected chi connectivity index (χ4v) is 1.59. The van der Waals surface area contributed by atoms with Gasteiger partial charge in [0.1, 0.15) is 5.82 Å². The van der Waals surface area contributed by atoms with Crippen molar-refractivity contribution in [2.45, 2.75) is 13.3 Å². The van der Waals surface area contributed by atoms with Crippen molar-refractivity contribution >= 4 is 17.5 Å². The molecule has 0 bridgehead atoms. The second-order valence-corrected chi connectivity index (χ2v) is 3.66. The Bertz CT molecular complexity index is 504. The molecule has 2 aromatic heterocycles. The Labute approximate surface area is 100 Å².